The topological polar surface area (TPSA) is 49.8 Å². The Kier molecular flexibility index (Phi) is 5.95. The third-order valence-corrected chi connectivity index (χ3v) is 2.84. The number of halogens is 1. The predicted octanol–water partition coefficient (Wildman–Crippen LogP) is 2.03. The summed E-state index contributed by atoms with van der Waals surface area (Å²) in [6.45, 7) is 3.08. The van der Waals surface area contributed by atoms with Crippen molar-refractivity contribution in [1.82, 2.24) is 4.90 Å². The fourth-order valence-electron chi connectivity index (χ4n) is 1.62. The summed E-state index contributed by atoms with van der Waals surface area (Å²) in [6.07, 6.45) is 0. The number of carbonyl (C=O) groups excluding carboxylic acids is 1. The van der Waals surface area contributed by atoms with Crippen LogP contribution in [-0.4, -0.2) is 48.6 Å². The third kappa shape index (κ3) is 3.62. The molecular formula is C13H18ClNO3. The van der Waals surface area contributed by atoms with Gasteiger partial charge in [-0.15, -0.1) is 11.6 Å². The van der Waals surface area contributed by atoms with Crippen molar-refractivity contribution >= 4 is 17.5 Å². The molecule has 1 amide bonds. The van der Waals surface area contributed by atoms with Crippen LogP contribution < -0.4 is 0 Å². The minimum atomic E-state index is -0.228. The van der Waals surface area contributed by atoms with E-state index in [-0.39, 0.29) is 11.7 Å². The van der Waals surface area contributed by atoms with Gasteiger partial charge in [0.2, 0.25) is 0 Å². The lowest BCUT2D eigenvalue weighted by Gasteiger charge is -2.22. The molecule has 0 unspecified atom stereocenters. The lowest BCUT2D eigenvalue weighted by atomic mass is 10.1. The number of phenols is 1. The highest BCUT2D eigenvalue weighted by Gasteiger charge is 2.18. The number of phenolic OH excluding ortho intramolecular Hbond substituents is 1. The number of carbonyl (C=O) groups is 1. The number of hydrogen-bond donors (Lipinski definition) is 1. The molecule has 0 fully saturated rings. The highest BCUT2D eigenvalue weighted by atomic mass is 35.5. The number of para-hydroxylation sites is 1. The minimum absolute atomic E-state index is 0.0273. The average Bonchev–Trinajstić information content (AvgIpc) is 2.37. The van der Waals surface area contributed by atoms with Gasteiger partial charge in [-0.3, -0.25) is 4.79 Å². The first-order valence-electron chi connectivity index (χ1n) is 5.74. The number of alkyl halides is 1. The molecule has 0 aromatic heterocycles. The summed E-state index contributed by atoms with van der Waals surface area (Å²) in [4.78, 5) is 13.8. The van der Waals surface area contributed by atoms with Crippen LogP contribution in [0.3, 0.4) is 0 Å². The second kappa shape index (κ2) is 7.24. The summed E-state index contributed by atoms with van der Waals surface area (Å²) in [5, 5.41) is 9.90. The molecule has 5 heteroatoms. The Bertz CT molecular complexity index is 409. The molecule has 18 heavy (non-hydrogen) atoms. The van der Waals surface area contributed by atoms with E-state index in [4.69, 9.17) is 16.3 Å². The molecule has 0 heterocycles. The zero-order valence-corrected chi connectivity index (χ0v) is 11.4. The standard InChI is InChI=1S/C13H18ClNO3/c1-10-4-3-5-11(12(10)16)13(17)15(7-6-14)8-9-18-2/h3-5,16H,6-9H2,1-2H3. The van der Waals surface area contributed by atoms with Crippen molar-refractivity contribution < 1.29 is 14.6 Å². The van der Waals surface area contributed by atoms with Gasteiger partial charge < -0.3 is 14.7 Å². The normalized spacial score (nSPS) is 10.4. The maximum atomic E-state index is 12.3. The summed E-state index contributed by atoms with van der Waals surface area (Å²) >= 11 is 5.68. The monoisotopic (exact) mass is 271 g/mol. The highest BCUT2D eigenvalue weighted by molar-refractivity contribution is 6.18. The Labute approximate surface area is 112 Å². The number of aryl methyl sites for hydroxylation is 1. The van der Waals surface area contributed by atoms with Gasteiger partial charge in [-0.1, -0.05) is 12.1 Å². The van der Waals surface area contributed by atoms with Gasteiger partial charge in [-0.25, -0.2) is 0 Å². The Hall–Kier alpha value is -1.26. The molecule has 100 valence electrons. The summed E-state index contributed by atoms with van der Waals surface area (Å²) in [6, 6.07) is 5.11. The smallest absolute Gasteiger partial charge is 0.257 e. The number of benzene rings is 1. The second-order valence-corrected chi connectivity index (χ2v) is 4.32. The van der Waals surface area contributed by atoms with Crippen molar-refractivity contribution in [3.63, 3.8) is 0 Å². The van der Waals surface area contributed by atoms with Crippen LogP contribution in [0.2, 0.25) is 0 Å². The summed E-state index contributed by atoms with van der Waals surface area (Å²) in [5.74, 6) is 0.149. The van der Waals surface area contributed by atoms with E-state index >= 15 is 0 Å². The SMILES string of the molecule is COCCN(CCCl)C(=O)c1cccc(C)c1O. The van der Waals surface area contributed by atoms with Crippen molar-refractivity contribution in [1.29, 1.82) is 0 Å². The zero-order chi connectivity index (χ0) is 13.5. The number of nitrogens with zero attached hydrogens (tertiary/aromatic N) is 1. The third-order valence-electron chi connectivity index (χ3n) is 2.68. The van der Waals surface area contributed by atoms with Crippen LogP contribution in [0.5, 0.6) is 5.75 Å². The van der Waals surface area contributed by atoms with Crippen molar-refractivity contribution in [2.45, 2.75) is 6.92 Å². The molecule has 0 saturated heterocycles. The van der Waals surface area contributed by atoms with Crippen LogP contribution in [0.15, 0.2) is 18.2 Å². The quantitative estimate of drug-likeness (QED) is 0.806. The fraction of sp³-hybridized carbons (Fsp3) is 0.462. The van der Waals surface area contributed by atoms with Gasteiger partial charge in [-0.2, -0.15) is 0 Å². The van der Waals surface area contributed by atoms with Crippen LogP contribution in [0.1, 0.15) is 15.9 Å². The van der Waals surface area contributed by atoms with Crippen molar-refractivity contribution in [2.24, 2.45) is 0 Å². The molecule has 0 radical (unpaired) electrons. The Balaban J connectivity index is 2.90. The summed E-state index contributed by atoms with van der Waals surface area (Å²) in [7, 11) is 1.58. The molecule has 1 aromatic rings. The first-order chi connectivity index (χ1) is 8.61. The van der Waals surface area contributed by atoms with Gasteiger partial charge in [0, 0.05) is 26.1 Å². The van der Waals surface area contributed by atoms with Gasteiger partial charge in [0.05, 0.1) is 12.2 Å². The summed E-state index contributed by atoms with van der Waals surface area (Å²) in [5.41, 5.74) is 0.981. The van der Waals surface area contributed by atoms with Crippen LogP contribution >= 0.6 is 11.6 Å². The van der Waals surface area contributed by atoms with E-state index in [1.807, 2.05) is 0 Å². The molecule has 0 aliphatic rings. The van der Waals surface area contributed by atoms with Crippen molar-refractivity contribution in [2.75, 3.05) is 32.7 Å². The number of methoxy groups -OCH3 is 1. The minimum Gasteiger partial charge on any atom is -0.507 e. The van der Waals surface area contributed by atoms with E-state index in [9.17, 15) is 9.90 Å². The highest BCUT2D eigenvalue weighted by Crippen LogP contribution is 2.22. The number of amides is 1. The van der Waals surface area contributed by atoms with E-state index in [1.165, 1.54) is 0 Å². The van der Waals surface area contributed by atoms with E-state index in [1.54, 1.807) is 37.1 Å². The Morgan fingerprint density at radius 2 is 2.17 bits per heavy atom. The van der Waals surface area contributed by atoms with E-state index in [0.717, 1.165) is 0 Å². The van der Waals surface area contributed by atoms with E-state index in [2.05, 4.69) is 0 Å². The number of ether oxygens (including phenoxy) is 1. The molecule has 1 rings (SSSR count). The fourth-order valence-corrected chi connectivity index (χ4v) is 1.82. The Morgan fingerprint density at radius 3 is 2.78 bits per heavy atom. The molecule has 0 spiro atoms. The van der Waals surface area contributed by atoms with Crippen LogP contribution in [0.25, 0.3) is 0 Å². The molecule has 4 nitrogen and oxygen atoms in total. The molecule has 0 atom stereocenters. The Morgan fingerprint density at radius 1 is 1.44 bits per heavy atom. The van der Waals surface area contributed by atoms with Crippen LogP contribution in [-0.2, 0) is 4.74 Å². The lowest BCUT2D eigenvalue weighted by Crippen LogP contribution is -2.35. The van der Waals surface area contributed by atoms with E-state index in [0.29, 0.717) is 36.7 Å². The molecule has 0 saturated carbocycles. The summed E-state index contributed by atoms with van der Waals surface area (Å²) < 4.78 is 4.96. The predicted molar refractivity (Wildman–Crippen MR) is 71.3 cm³/mol. The molecule has 0 aliphatic heterocycles. The van der Waals surface area contributed by atoms with Gasteiger partial charge in [0.15, 0.2) is 0 Å². The first kappa shape index (κ1) is 14.8. The van der Waals surface area contributed by atoms with E-state index < -0.39 is 0 Å². The average molecular weight is 272 g/mol. The number of rotatable bonds is 6. The van der Waals surface area contributed by atoms with Gasteiger partial charge in [0.25, 0.3) is 5.91 Å². The lowest BCUT2D eigenvalue weighted by molar-refractivity contribution is 0.0704. The molecule has 0 bridgehead atoms. The number of aromatic hydroxyl groups is 1. The first-order valence-corrected chi connectivity index (χ1v) is 6.28. The van der Waals surface area contributed by atoms with Crippen LogP contribution in [0, 0.1) is 6.92 Å². The maximum absolute atomic E-state index is 12.3. The molecule has 1 N–H and O–H groups in total. The van der Waals surface area contributed by atoms with Crippen LogP contribution in [0.4, 0.5) is 0 Å². The van der Waals surface area contributed by atoms with Gasteiger partial charge >= 0.3 is 0 Å². The van der Waals surface area contributed by atoms with Gasteiger partial charge in [-0.05, 0) is 18.6 Å². The van der Waals surface area contributed by atoms with Crippen molar-refractivity contribution in [3.05, 3.63) is 29.3 Å². The van der Waals surface area contributed by atoms with Crippen molar-refractivity contribution in [3.8, 4) is 5.75 Å². The molecule has 0 aliphatic carbocycles. The zero-order valence-electron chi connectivity index (χ0n) is 10.6. The second-order valence-electron chi connectivity index (χ2n) is 3.95. The van der Waals surface area contributed by atoms with Gasteiger partial charge in [0.1, 0.15) is 5.75 Å². The maximum Gasteiger partial charge on any atom is 0.257 e. The molecule has 1 aromatic carbocycles. The number of hydrogen-bond acceptors (Lipinski definition) is 3. The molecular weight excluding hydrogens is 254 g/mol. The largest absolute Gasteiger partial charge is 0.507 e.